The summed E-state index contributed by atoms with van der Waals surface area (Å²) in [4.78, 5) is 5.27. The Balaban J connectivity index is 2.37. The van der Waals surface area contributed by atoms with Crippen molar-refractivity contribution in [3.05, 3.63) is 34.3 Å². The summed E-state index contributed by atoms with van der Waals surface area (Å²) >= 11 is 1.63. The first-order chi connectivity index (χ1) is 8.78. The van der Waals surface area contributed by atoms with Gasteiger partial charge in [-0.1, -0.05) is 0 Å². The van der Waals surface area contributed by atoms with Crippen LogP contribution in [0, 0.1) is 0 Å². The third-order valence-electron chi connectivity index (χ3n) is 2.59. The Bertz CT molecular complexity index is 486. The first-order valence-electron chi connectivity index (χ1n) is 5.44. The molecule has 0 atom stereocenters. The quantitative estimate of drug-likeness (QED) is 0.833. The van der Waals surface area contributed by atoms with Crippen LogP contribution in [0.3, 0.4) is 0 Å². The molecule has 0 bridgehead atoms. The molecule has 0 aliphatic heterocycles. The zero-order valence-electron chi connectivity index (χ0n) is 10.6. The van der Waals surface area contributed by atoms with Crippen LogP contribution in [0.15, 0.2) is 23.8 Å². The second kappa shape index (κ2) is 5.73. The second-order valence-electron chi connectivity index (χ2n) is 3.68. The minimum atomic E-state index is 0.619. The topological polar surface area (TPSA) is 40.6 Å². The van der Waals surface area contributed by atoms with Crippen LogP contribution in [0.25, 0.3) is 0 Å². The van der Waals surface area contributed by atoms with E-state index in [0.29, 0.717) is 17.2 Å². The number of hydrogen-bond acceptors (Lipinski definition) is 5. The van der Waals surface area contributed by atoms with Gasteiger partial charge in [0, 0.05) is 17.5 Å². The molecule has 0 saturated carbocycles. The van der Waals surface area contributed by atoms with Gasteiger partial charge < -0.3 is 14.2 Å². The maximum Gasteiger partial charge on any atom is 0.203 e. The van der Waals surface area contributed by atoms with Crippen molar-refractivity contribution in [1.82, 2.24) is 4.98 Å². The molecule has 2 aromatic rings. The monoisotopic (exact) mass is 265 g/mol. The molecule has 0 radical (unpaired) electrons. The van der Waals surface area contributed by atoms with Crippen molar-refractivity contribution in [1.29, 1.82) is 0 Å². The highest BCUT2D eigenvalue weighted by Crippen LogP contribution is 2.38. The van der Waals surface area contributed by atoms with Crippen LogP contribution < -0.4 is 14.2 Å². The van der Waals surface area contributed by atoms with Gasteiger partial charge in [0.25, 0.3) is 0 Å². The van der Waals surface area contributed by atoms with Crippen LogP contribution in [0.1, 0.15) is 10.4 Å². The fraction of sp³-hybridized carbons (Fsp3) is 0.308. The van der Waals surface area contributed by atoms with Crippen molar-refractivity contribution in [3.63, 3.8) is 0 Å². The van der Waals surface area contributed by atoms with E-state index in [1.54, 1.807) is 32.7 Å². The number of benzene rings is 1. The Morgan fingerprint density at radius 3 is 2.17 bits per heavy atom. The van der Waals surface area contributed by atoms with E-state index in [-0.39, 0.29) is 0 Å². The van der Waals surface area contributed by atoms with Crippen LogP contribution in [0.4, 0.5) is 0 Å². The van der Waals surface area contributed by atoms with Gasteiger partial charge in [0.2, 0.25) is 5.75 Å². The van der Waals surface area contributed by atoms with Crippen molar-refractivity contribution < 1.29 is 14.2 Å². The third kappa shape index (κ3) is 2.56. The van der Waals surface area contributed by atoms with Crippen LogP contribution in [0.2, 0.25) is 0 Å². The number of ether oxygens (including phenoxy) is 3. The van der Waals surface area contributed by atoms with E-state index in [1.807, 2.05) is 23.8 Å². The highest BCUT2D eigenvalue weighted by Gasteiger charge is 2.13. The lowest BCUT2D eigenvalue weighted by atomic mass is 10.1. The normalized spacial score (nSPS) is 10.2. The Kier molecular flexibility index (Phi) is 4.04. The van der Waals surface area contributed by atoms with E-state index >= 15 is 0 Å². The van der Waals surface area contributed by atoms with E-state index in [1.165, 1.54) is 4.88 Å². The van der Waals surface area contributed by atoms with Gasteiger partial charge in [0.05, 0.1) is 26.8 Å². The Morgan fingerprint density at radius 1 is 1.06 bits per heavy atom. The Labute approximate surface area is 110 Å². The summed E-state index contributed by atoms with van der Waals surface area (Å²) in [7, 11) is 4.84. The van der Waals surface area contributed by atoms with Gasteiger partial charge in [-0.15, -0.1) is 11.3 Å². The molecule has 96 valence electrons. The van der Waals surface area contributed by atoms with E-state index in [2.05, 4.69) is 4.98 Å². The first-order valence-corrected chi connectivity index (χ1v) is 6.32. The molecule has 1 heterocycles. The van der Waals surface area contributed by atoms with Gasteiger partial charge in [-0.2, -0.15) is 0 Å². The Morgan fingerprint density at radius 2 is 1.72 bits per heavy atom. The molecule has 0 aliphatic rings. The molecule has 0 aliphatic carbocycles. The smallest absolute Gasteiger partial charge is 0.203 e. The summed E-state index contributed by atoms with van der Waals surface area (Å²) in [5.74, 6) is 1.97. The summed E-state index contributed by atoms with van der Waals surface area (Å²) in [6.07, 6.45) is 2.68. The number of thiazole rings is 1. The highest BCUT2D eigenvalue weighted by atomic mass is 32.1. The summed E-state index contributed by atoms with van der Waals surface area (Å²) in [5.41, 5.74) is 2.93. The van der Waals surface area contributed by atoms with Gasteiger partial charge in [0.1, 0.15) is 0 Å². The molecule has 0 unspecified atom stereocenters. The van der Waals surface area contributed by atoms with Gasteiger partial charge in [0.15, 0.2) is 11.5 Å². The number of rotatable bonds is 5. The second-order valence-corrected chi connectivity index (χ2v) is 4.65. The fourth-order valence-electron chi connectivity index (χ4n) is 1.77. The Hall–Kier alpha value is -1.75. The van der Waals surface area contributed by atoms with Crippen LogP contribution in [-0.2, 0) is 6.42 Å². The molecule has 2 rings (SSSR count). The highest BCUT2D eigenvalue weighted by molar-refractivity contribution is 7.09. The average molecular weight is 265 g/mol. The SMILES string of the molecule is COc1cc(Cc2cncs2)cc(OC)c1OC. The molecule has 0 fully saturated rings. The minimum absolute atomic E-state index is 0.619. The van der Waals surface area contributed by atoms with E-state index < -0.39 is 0 Å². The first kappa shape index (κ1) is 12.7. The van der Waals surface area contributed by atoms with Crippen LogP contribution >= 0.6 is 11.3 Å². The molecule has 18 heavy (non-hydrogen) atoms. The van der Waals surface area contributed by atoms with Crippen molar-refractivity contribution in [2.24, 2.45) is 0 Å². The van der Waals surface area contributed by atoms with Gasteiger partial charge >= 0.3 is 0 Å². The molecule has 0 N–H and O–H groups in total. The molecule has 5 heteroatoms. The summed E-state index contributed by atoms with van der Waals surface area (Å²) in [6, 6.07) is 3.92. The van der Waals surface area contributed by atoms with E-state index in [0.717, 1.165) is 12.0 Å². The van der Waals surface area contributed by atoms with Crippen molar-refractivity contribution in [2.45, 2.75) is 6.42 Å². The number of aromatic nitrogens is 1. The van der Waals surface area contributed by atoms with Crippen LogP contribution in [-0.4, -0.2) is 26.3 Å². The lowest BCUT2D eigenvalue weighted by Crippen LogP contribution is -1.97. The van der Waals surface area contributed by atoms with E-state index in [4.69, 9.17) is 14.2 Å². The number of methoxy groups -OCH3 is 3. The number of nitrogens with zero attached hydrogens (tertiary/aromatic N) is 1. The largest absolute Gasteiger partial charge is 0.493 e. The van der Waals surface area contributed by atoms with E-state index in [9.17, 15) is 0 Å². The van der Waals surface area contributed by atoms with Crippen molar-refractivity contribution in [3.8, 4) is 17.2 Å². The summed E-state index contributed by atoms with van der Waals surface area (Å²) < 4.78 is 15.9. The average Bonchev–Trinajstić information content (AvgIpc) is 2.90. The minimum Gasteiger partial charge on any atom is -0.493 e. The van der Waals surface area contributed by atoms with Gasteiger partial charge in [-0.05, 0) is 17.7 Å². The molecule has 0 amide bonds. The zero-order valence-corrected chi connectivity index (χ0v) is 11.4. The summed E-state index contributed by atoms with van der Waals surface area (Å²) in [6.45, 7) is 0. The number of hydrogen-bond donors (Lipinski definition) is 0. The molecular formula is C13H15NO3S. The lowest BCUT2D eigenvalue weighted by Gasteiger charge is -2.13. The third-order valence-corrected chi connectivity index (χ3v) is 3.37. The van der Waals surface area contributed by atoms with Gasteiger partial charge in [-0.3, -0.25) is 4.98 Å². The maximum atomic E-state index is 5.32. The predicted octanol–water partition coefficient (Wildman–Crippen LogP) is 2.76. The molecule has 0 saturated heterocycles. The fourth-order valence-corrected chi connectivity index (χ4v) is 2.40. The van der Waals surface area contributed by atoms with Crippen molar-refractivity contribution >= 4 is 11.3 Å². The lowest BCUT2D eigenvalue weighted by molar-refractivity contribution is 0.324. The zero-order chi connectivity index (χ0) is 13.0. The summed E-state index contributed by atoms with van der Waals surface area (Å²) in [5, 5.41) is 0. The molecule has 0 spiro atoms. The molecule has 1 aromatic heterocycles. The van der Waals surface area contributed by atoms with Gasteiger partial charge in [-0.25, -0.2) is 0 Å². The maximum absolute atomic E-state index is 5.32. The molecular weight excluding hydrogens is 250 g/mol. The van der Waals surface area contributed by atoms with Crippen molar-refractivity contribution in [2.75, 3.05) is 21.3 Å². The van der Waals surface area contributed by atoms with Crippen LogP contribution in [0.5, 0.6) is 17.2 Å². The standard InChI is InChI=1S/C13H15NO3S/c1-15-11-5-9(4-10-7-14-8-18-10)6-12(16-2)13(11)17-3/h5-8H,4H2,1-3H3. The molecule has 1 aromatic carbocycles. The molecule has 4 nitrogen and oxygen atoms in total. The predicted molar refractivity (Wildman–Crippen MR) is 71.0 cm³/mol.